The first kappa shape index (κ1) is 13.8. The van der Waals surface area contributed by atoms with Crippen molar-refractivity contribution in [3.63, 3.8) is 0 Å². The lowest BCUT2D eigenvalue weighted by atomic mass is 10.0. The van der Waals surface area contributed by atoms with Gasteiger partial charge in [-0.3, -0.25) is 0 Å². The van der Waals surface area contributed by atoms with E-state index < -0.39 is 0 Å². The van der Waals surface area contributed by atoms with Crippen molar-refractivity contribution in [2.45, 2.75) is 50.7 Å². The molecule has 1 aromatic rings. The van der Waals surface area contributed by atoms with Crippen LogP contribution in [0.15, 0.2) is 18.2 Å². The van der Waals surface area contributed by atoms with Gasteiger partial charge in [0, 0.05) is 24.7 Å². The van der Waals surface area contributed by atoms with Crippen molar-refractivity contribution in [2.75, 3.05) is 20.2 Å². The molecule has 2 heterocycles. The van der Waals surface area contributed by atoms with Crippen molar-refractivity contribution in [1.29, 1.82) is 0 Å². The Hall–Kier alpha value is -1.13. The molecule has 2 fully saturated rings. The number of nitrogens with zero attached hydrogens (tertiary/aromatic N) is 2. The Morgan fingerprint density at radius 2 is 2.20 bits per heavy atom. The number of hydrogen-bond acceptors (Lipinski definition) is 4. The van der Waals surface area contributed by atoms with E-state index in [1.807, 2.05) is 12.1 Å². The van der Waals surface area contributed by atoms with E-state index in [9.17, 15) is 0 Å². The van der Waals surface area contributed by atoms with Gasteiger partial charge in [-0.15, -0.1) is 0 Å². The van der Waals surface area contributed by atoms with Crippen molar-refractivity contribution in [1.82, 2.24) is 15.2 Å². The quantitative estimate of drug-likeness (QED) is 0.863. The average molecular weight is 275 g/mol. The third-order valence-electron chi connectivity index (χ3n) is 4.28. The zero-order valence-corrected chi connectivity index (χ0v) is 12.3. The molecule has 0 radical (unpaired) electrons. The van der Waals surface area contributed by atoms with Crippen LogP contribution in [0.25, 0.3) is 0 Å². The van der Waals surface area contributed by atoms with Crippen LogP contribution < -0.4 is 10.1 Å². The summed E-state index contributed by atoms with van der Waals surface area (Å²) in [6.07, 6.45) is 6.48. The maximum atomic E-state index is 5.90. The zero-order chi connectivity index (χ0) is 13.8. The summed E-state index contributed by atoms with van der Waals surface area (Å²) < 4.78 is 5.90. The Morgan fingerprint density at radius 3 is 3.00 bits per heavy atom. The van der Waals surface area contributed by atoms with Gasteiger partial charge in [-0.25, -0.2) is 4.98 Å². The van der Waals surface area contributed by atoms with Gasteiger partial charge in [0.05, 0.1) is 5.69 Å². The topological polar surface area (TPSA) is 37.4 Å². The first-order valence-corrected chi connectivity index (χ1v) is 7.83. The summed E-state index contributed by atoms with van der Waals surface area (Å²) in [6.45, 7) is 2.79. The summed E-state index contributed by atoms with van der Waals surface area (Å²) in [4.78, 5) is 6.98. The van der Waals surface area contributed by atoms with Crippen molar-refractivity contribution >= 4 is 0 Å². The molecular formula is C16H25N3O. The van der Waals surface area contributed by atoms with Gasteiger partial charge in [0.15, 0.2) is 0 Å². The molecule has 1 unspecified atom stereocenters. The summed E-state index contributed by atoms with van der Waals surface area (Å²) in [7, 11) is 2.19. The fourth-order valence-electron chi connectivity index (χ4n) is 2.71. The molecule has 1 aliphatic carbocycles. The number of aromatic nitrogens is 1. The first-order valence-electron chi connectivity index (χ1n) is 7.83. The molecule has 4 heteroatoms. The number of piperidine rings is 1. The highest BCUT2D eigenvalue weighted by molar-refractivity contribution is 5.16. The normalized spacial score (nSPS) is 23.8. The second kappa shape index (κ2) is 6.55. The van der Waals surface area contributed by atoms with Crippen LogP contribution in [0.4, 0.5) is 0 Å². The number of likely N-dealkylation sites (N-methyl/N-ethyl adjacent to an activating group) is 1. The van der Waals surface area contributed by atoms with Crippen molar-refractivity contribution < 1.29 is 4.74 Å². The molecular weight excluding hydrogens is 250 g/mol. The molecule has 1 N–H and O–H groups in total. The van der Waals surface area contributed by atoms with E-state index in [0.717, 1.165) is 30.8 Å². The highest BCUT2D eigenvalue weighted by Gasteiger charge is 2.21. The Labute approximate surface area is 121 Å². The van der Waals surface area contributed by atoms with Crippen LogP contribution in [0.2, 0.25) is 0 Å². The van der Waals surface area contributed by atoms with Crippen LogP contribution in [0.5, 0.6) is 5.88 Å². The van der Waals surface area contributed by atoms with Gasteiger partial charge in [0.25, 0.3) is 0 Å². The number of nitrogens with one attached hydrogen (secondary N) is 1. The van der Waals surface area contributed by atoms with Crippen LogP contribution in [0.1, 0.15) is 37.8 Å². The van der Waals surface area contributed by atoms with Crippen LogP contribution >= 0.6 is 0 Å². The van der Waals surface area contributed by atoms with Crippen molar-refractivity contribution in [3.8, 4) is 5.88 Å². The zero-order valence-electron chi connectivity index (χ0n) is 12.3. The molecule has 110 valence electrons. The Kier molecular flexibility index (Phi) is 4.53. The van der Waals surface area contributed by atoms with Gasteiger partial charge < -0.3 is 15.0 Å². The van der Waals surface area contributed by atoms with E-state index >= 15 is 0 Å². The van der Waals surface area contributed by atoms with E-state index in [0.29, 0.717) is 6.04 Å². The number of ether oxygens (including phenoxy) is 1. The molecule has 20 heavy (non-hydrogen) atoms. The maximum Gasteiger partial charge on any atom is 0.213 e. The van der Waals surface area contributed by atoms with Gasteiger partial charge in [0.2, 0.25) is 5.88 Å². The number of pyridine rings is 1. The molecule has 1 saturated heterocycles. The van der Waals surface area contributed by atoms with E-state index in [-0.39, 0.29) is 0 Å². The molecule has 0 aromatic carbocycles. The second-order valence-electron chi connectivity index (χ2n) is 6.06. The van der Waals surface area contributed by atoms with E-state index in [1.54, 1.807) is 0 Å². The van der Waals surface area contributed by atoms with E-state index in [4.69, 9.17) is 4.74 Å². The predicted molar refractivity (Wildman–Crippen MR) is 79.9 cm³/mol. The van der Waals surface area contributed by atoms with E-state index in [2.05, 4.69) is 28.3 Å². The molecule has 0 bridgehead atoms. The minimum Gasteiger partial charge on any atom is -0.476 e. The Bertz CT molecular complexity index is 433. The largest absolute Gasteiger partial charge is 0.476 e. The molecule has 3 rings (SSSR count). The lowest BCUT2D eigenvalue weighted by molar-refractivity contribution is 0.122. The summed E-state index contributed by atoms with van der Waals surface area (Å²) in [5.74, 6) is 0.763. The molecule has 1 aromatic heterocycles. The van der Waals surface area contributed by atoms with Crippen LogP contribution in [-0.2, 0) is 6.54 Å². The van der Waals surface area contributed by atoms with Crippen LogP contribution in [-0.4, -0.2) is 42.2 Å². The van der Waals surface area contributed by atoms with Gasteiger partial charge >= 0.3 is 0 Å². The summed E-state index contributed by atoms with van der Waals surface area (Å²) in [5.41, 5.74) is 1.08. The fraction of sp³-hybridized carbons (Fsp3) is 0.688. The van der Waals surface area contributed by atoms with Gasteiger partial charge in [-0.1, -0.05) is 12.5 Å². The van der Waals surface area contributed by atoms with Crippen molar-refractivity contribution in [2.24, 2.45) is 0 Å². The van der Waals surface area contributed by atoms with Gasteiger partial charge in [-0.2, -0.15) is 0 Å². The molecule has 1 atom stereocenters. The summed E-state index contributed by atoms with van der Waals surface area (Å²) in [6, 6.07) is 7.32. The highest BCUT2D eigenvalue weighted by Crippen LogP contribution is 2.20. The highest BCUT2D eigenvalue weighted by atomic mass is 16.5. The van der Waals surface area contributed by atoms with Gasteiger partial charge in [0.1, 0.15) is 6.61 Å². The van der Waals surface area contributed by atoms with E-state index in [1.165, 1.54) is 38.6 Å². The minimum absolute atomic E-state index is 0.541. The molecule has 1 saturated carbocycles. The summed E-state index contributed by atoms with van der Waals surface area (Å²) in [5, 5.41) is 3.49. The van der Waals surface area contributed by atoms with Crippen molar-refractivity contribution in [3.05, 3.63) is 23.9 Å². The average Bonchev–Trinajstić information content (AvgIpc) is 3.29. The van der Waals surface area contributed by atoms with Crippen LogP contribution in [0, 0.1) is 0 Å². The second-order valence-corrected chi connectivity index (χ2v) is 6.06. The van der Waals surface area contributed by atoms with Crippen LogP contribution in [0.3, 0.4) is 0 Å². The fourth-order valence-corrected chi connectivity index (χ4v) is 2.71. The number of likely N-dealkylation sites (tertiary alicyclic amines) is 1. The summed E-state index contributed by atoms with van der Waals surface area (Å²) >= 11 is 0. The lowest BCUT2D eigenvalue weighted by Crippen LogP contribution is -2.40. The standard InChI is InChI=1S/C16H25N3O/c1-19-10-3-2-6-15(19)12-20-16-7-4-5-14(18-16)11-17-13-8-9-13/h4-5,7,13,15,17H,2-3,6,8-12H2,1H3. The predicted octanol–water partition coefficient (Wildman–Crippen LogP) is 2.20. The Morgan fingerprint density at radius 1 is 1.30 bits per heavy atom. The molecule has 4 nitrogen and oxygen atoms in total. The number of hydrogen-bond donors (Lipinski definition) is 1. The third kappa shape index (κ3) is 3.93. The molecule has 0 amide bonds. The number of rotatable bonds is 6. The SMILES string of the molecule is CN1CCCCC1COc1cccc(CNC2CC2)n1. The first-order chi connectivity index (χ1) is 9.81. The molecule has 2 aliphatic rings. The monoisotopic (exact) mass is 275 g/mol. The Balaban J connectivity index is 1.49. The molecule has 1 aliphatic heterocycles. The lowest BCUT2D eigenvalue weighted by Gasteiger charge is -2.31. The third-order valence-corrected chi connectivity index (χ3v) is 4.28. The maximum absolute atomic E-state index is 5.90. The van der Waals surface area contributed by atoms with Gasteiger partial charge in [-0.05, 0) is 45.3 Å². The smallest absolute Gasteiger partial charge is 0.213 e. The molecule has 0 spiro atoms. The minimum atomic E-state index is 0.541.